The summed E-state index contributed by atoms with van der Waals surface area (Å²) in [6, 6.07) is 0. The molecule has 1 saturated heterocycles. The van der Waals surface area contributed by atoms with Gasteiger partial charge in [0, 0.05) is 39.1 Å². The third-order valence-electron chi connectivity index (χ3n) is 3.84. The van der Waals surface area contributed by atoms with Crippen molar-refractivity contribution < 1.29 is 9.94 Å². The third kappa shape index (κ3) is 4.28. The van der Waals surface area contributed by atoms with E-state index in [0.717, 1.165) is 44.6 Å². The molecular formula is C13H26N2O2. The van der Waals surface area contributed by atoms with Gasteiger partial charge in [0.15, 0.2) is 0 Å². The average Bonchev–Trinajstić information content (AvgIpc) is 2.36. The first-order valence-corrected chi connectivity index (χ1v) is 6.50. The first-order chi connectivity index (χ1) is 8.02. The van der Waals surface area contributed by atoms with E-state index >= 15 is 0 Å². The topological polar surface area (TPSA) is 45.1 Å². The standard InChI is InChI=1S/C13H26N2O2/c1-5-11-10-15(8-6-12(11)14-16)9-7-13(2,3)17-4/h11,16H,5-10H2,1-4H3. The molecule has 4 heteroatoms. The van der Waals surface area contributed by atoms with Crippen molar-refractivity contribution in [1.29, 1.82) is 0 Å². The fraction of sp³-hybridized carbons (Fsp3) is 0.923. The van der Waals surface area contributed by atoms with Crippen molar-refractivity contribution in [2.45, 2.75) is 45.6 Å². The highest BCUT2D eigenvalue weighted by atomic mass is 16.5. The van der Waals surface area contributed by atoms with E-state index in [1.165, 1.54) is 0 Å². The molecule has 0 aromatic rings. The SMILES string of the molecule is CCC1CN(CCC(C)(C)OC)CCC1=NO. The minimum atomic E-state index is -0.0486. The van der Waals surface area contributed by atoms with Gasteiger partial charge in [0.2, 0.25) is 0 Å². The molecule has 100 valence electrons. The average molecular weight is 242 g/mol. The van der Waals surface area contributed by atoms with Crippen LogP contribution in [0.4, 0.5) is 0 Å². The summed E-state index contributed by atoms with van der Waals surface area (Å²) in [6.07, 6.45) is 2.97. The van der Waals surface area contributed by atoms with Gasteiger partial charge in [-0.05, 0) is 26.7 Å². The molecule has 1 aliphatic rings. The molecule has 0 aromatic carbocycles. The van der Waals surface area contributed by atoms with E-state index in [1.807, 2.05) is 0 Å². The number of ether oxygens (including phenoxy) is 1. The number of oxime groups is 1. The van der Waals surface area contributed by atoms with E-state index < -0.39 is 0 Å². The van der Waals surface area contributed by atoms with Gasteiger partial charge in [-0.3, -0.25) is 0 Å². The molecule has 0 spiro atoms. The maximum absolute atomic E-state index is 8.93. The van der Waals surface area contributed by atoms with E-state index in [4.69, 9.17) is 9.94 Å². The van der Waals surface area contributed by atoms with Crippen LogP contribution in [0.5, 0.6) is 0 Å². The second kappa shape index (κ2) is 6.36. The molecule has 0 amide bonds. The molecule has 0 bridgehead atoms. The monoisotopic (exact) mass is 242 g/mol. The lowest BCUT2D eigenvalue weighted by Gasteiger charge is -2.34. The van der Waals surface area contributed by atoms with Gasteiger partial charge in [-0.1, -0.05) is 12.1 Å². The molecule has 1 heterocycles. The quantitative estimate of drug-likeness (QED) is 0.594. The highest BCUT2D eigenvalue weighted by Crippen LogP contribution is 2.20. The number of rotatable bonds is 5. The first kappa shape index (κ1) is 14.5. The Morgan fingerprint density at radius 2 is 2.24 bits per heavy atom. The summed E-state index contributed by atoms with van der Waals surface area (Å²) in [6.45, 7) is 9.45. The van der Waals surface area contributed by atoms with Crippen molar-refractivity contribution in [2.24, 2.45) is 11.1 Å². The molecule has 0 aromatic heterocycles. The summed E-state index contributed by atoms with van der Waals surface area (Å²) in [5, 5.41) is 12.4. The molecule has 0 radical (unpaired) electrons. The van der Waals surface area contributed by atoms with Crippen LogP contribution in [0.25, 0.3) is 0 Å². The van der Waals surface area contributed by atoms with Gasteiger partial charge in [0.25, 0.3) is 0 Å². The second-order valence-corrected chi connectivity index (χ2v) is 5.46. The summed E-state index contributed by atoms with van der Waals surface area (Å²) in [7, 11) is 1.77. The van der Waals surface area contributed by atoms with Crippen molar-refractivity contribution in [3.8, 4) is 0 Å². The highest BCUT2D eigenvalue weighted by Gasteiger charge is 2.26. The number of nitrogens with zero attached hydrogens (tertiary/aromatic N) is 2. The van der Waals surface area contributed by atoms with Crippen molar-refractivity contribution in [3.63, 3.8) is 0 Å². The minimum Gasteiger partial charge on any atom is -0.411 e. The van der Waals surface area contributed by atoms with Gasteiger partial charge in [-0.15, -0.1) is 0 Å². The van der Waals surface area contributed by atoms with Gasteiger partial charge < -0.3 is 14.8 Å². The highest BCUT2D eigenvalue weighted by molar-refractivity contribution is 5.87. The fourth-order valence-corrected chi connectivity index (χ4v) is 2.21. The van der Waals surface area contributed by atoms with E-state index in [-0.39, 0.29) is 5.60 Å². The van der Waals surface area contributed by atoms with Crippen LogP contribution in [-0.4, -0.2) is 48.2 Å². The molecule has 17 heavy (non-hydrogen) atoms. The Kier molecular flexibility index (Phi) is 5.40. The zero-order valence-corrected chi connectivity index (χ0v) is 11.6. The molecule has 1 rings (SSSR count). The second-order valence-electron chi connectivity index (χ2n) is 5.46. The van der Waals surface area contributed by atoms with Gasteiger partial charge >= 0.3 is 0 Å². The number of piperidine rings is 1. The zero-order valence-electron chi connectivity index (χ0n) is 11.6. The summed E-state index contributed by atoms with van der Waals surface area (Å²) in [5.41, 5.74) is 0.919. The Morgan fingerprint density at radius 3 is 2.76 bits per heavy atom. The lowest BCUT2D eigenvalue weighted by atomic mass is 9.92. The van der Waals surface area contributed by atoms with Gasteiger partial charge in [-0.25, -0.2) is 0 Å². The van der Waals surface area contributed by atoms with Crippen LogP contribution in [0, 0.1) is 5.92 Å². The van der Waals surface area contributed by atoms with Gasteiger partial charge in [-0.2, -0.15) is 0 Å². The Bertz CT molecular complexity index is 264. The van der Waals surface area contributed by atoms with Crippen LogP contribution in [0.15, 0.2) is 5.16 Å². The van der Waals surface area contributed by atoms with Crippen molar-refractivity contribution in [3.05, 3.63) is 0 Å². The van der Waals surface area contributed by atoms with Crippen LogP contribution >= 0.6 is 0 Å². The molecule has 1 aliphatic heterocycles. The molecular weight excluding hydrogens is 216 g/mol. The predicted octanol–water partition coefficient (Wildman–Crippen LogP) is 2.36. The van der Waals surface area contributed by atoms with Crippen LogP contribution in [-0.2, 0) is 4.74 Å². The Labute approximate surface area is 105 Å². The zero-order chi connectivity index (χ0) is 12.9. The summed E-state index contributed by atoms with van der Waals surface area (Å²) < 4.78 is 5.43. The van der Waals surface area contributed by atoms with Crippen molar-refractivity contribution in [1.82, 2.24) is 4.90 Å². The summed E-state index contributed by atoms with van der Waals surface area (Å²) in [4.78, 5) is 2.45. The maximum atomic E-state index is 8.93. The minimum absolute atomic E-state index is 0.0486. The normalized spacial score (nSPS) is 25.4. The lowest BCUT2D eigenvalue weighted by molar-refractivity contribution is 0.00635. The lowest BCUT2D eigenvalue weighted by Crippen LogP contribution is -2.42. The molecule has 1 unspecified atom stereocenters. The van der Waals surface area contributed by atoms with E-state index in [0.29, 0.717) is 5.92 Å². The molecule has 0 aliphatic carbocycles. The molecule has 4 nitrogen and oxygen atoms in total. The number of hydrogen-bond donors (Lipinski definition) is 1. The van der Waals surface area contributed by atoms with Crippen molar-refractivity contribution >= 4 is 5.71 Å². The van der Waals surface area contributed by atoms with Crippen LogP contribution in [0.2, 0.25) is 0 Å². The summed E-state index contributed by atoms with van der Waals surface area (Å²) in [5.74, 6) is 0.416. The smallest absolute Gasteiger partial charge is 0.0634 e. The molecule has 1 atom stereocenters. The van der Waals surface area contributed by atoms with E-state index in [9.17, 15) is 0 Å². The number of hydrogen-bond acceptors (Lipinski definition) is 4. The maximum Gasteiger partial charge on any atom is 0.0634 e. The van der Waals surface area contributed by atoms with Crippen LogP contribution < -0.4 is 0 Å². The largest absolute Gasteiger partial charge is 0.411 e. The van der Waals surface area contributed by atoms with E-state index in [2.05, 4.69) is 30.8 Å². The van der Waals surface area contributed by atoms with Gasteiger partial charge in [0.05, 0.1) is 11.3 Å². The van der Waals surface area contributed by atoms with E-state index in [1.54, 1.807) is 7.11 Å². The predicted molar refractivity (Wildman–Crippen MR) is 69.8 cm³/mol. The van der Waals surface area contributed by atoms with Crippen LogP contribution in [0.3, 0.4) is 0 Å². The Balaban J connectivity index is 2.43. The number of likely N-dealkylation sites (tertiary alicyclic amines) is 1. The number of methoxy groups -OCH3 is 1. The fourth-order valence-electron chi connectivity index (χ4n) is 2.21. The Hall–Kier alpha value is -0.610. The Morgan fingerprint density at radius 1 is 1.53 bits per heavy atom. The van der Waals surface area contributed by atoms with Gasteiger partial charge in [0.1, 0.15) is 0 Å². The molecule has 0 saturated carbocycles. The van der Waals surface area contributed by atoms with Crippen molar-refractivity contribution in [2.75, 3.05) is 26.7 Å². The molecule has 1 N–H and O–H groups in total. The first-order valence-electron chi connectivity index (χ1n) is 6.50. The van der Waals surface area contributed by atoms with Crippen LogP contribution in [0.1, 0.15) is 40.0 Å². The third-order valence-corrected chi connectivity index (χ3v) is 3.84. The summed E-state index contributed by atoms with van der Waals surface area (Å²) >= 11 is 0. The molecule has 1 fully saturated rings.